The smallest absolute Gasteiger partial charge is 0.317 e. The van der Waals surface area contributed by atoms with Gasteiger partial charge in [0.2, 0.25) is 5.91 Å². The number of fused-ring (bicyclic) bond motifs is 1. The fourth-order valence-corrected chi connectivity index (χ4v) is 4.47. The lowest BCUT2D eigenvalue weighted by atomic mass is 9.94. The Morgan fingerprint density at radius 2 is 1.70 bits per heavy atom. The maximum absolute atomic E-state index is 12.6. The van der Waals surface area contributed by atoms with Crippen molar-refractivity contribution in [2.45, 2.75) is 50.6 Å². The van der Waals surface area contributed by atoms with Gasteiger partial charge in [-0.15, -0.1) is 0 Å². The van der Waals surface area contributed by atoms with Crippen molar-refractivity contribution in [1.82, 2.24) is 20.9 Å². The summed E-state index contributed by atoms with van der Waals surface area (Å²) in [5, 5.41) is 9.78. The van der Waals surface area contributed by atoms with Crippen LogP contribution in [0.15, 0.2) is 0 Å². The molecule has 0 aromatic rings. The number of carbonyl (C=O) groups excluding carboxylic acids is 2. The molecule has 6 heteroatoms. The maximum atomic E-state index is 12.6. The Kier molecular flexibility index (Phi) is 4.18. The lowest BCUT2D eigenvalue weighted by molar-refractivity contribution is -0.127. The van der Waals surface area contributed by atoms with Crippen LogP contribution in [0.2, 0.25) is 0 Å². The second-order valence-electron chi connectivity index (χ2n) is 7.76. The van der Waals surface area contributed by atoms with Crippen LogP contribution < -0.4 is 16.0 Å². The number of likely N-dealkylation sites (tertiary alicyclic amines) is 1. The summed E-state index contributed by atoms with van der Waals surface area (Å²) < 4.78 is 0. The monoisotopic (exact) mass is 320 g/mol. The molecule has 2 saturated heterocycles. The van der Waals surface area contributed by atoms with E-state index >= 15 is 0 Å². The third-order valence-electron chi connectivity index (χ3n) is 6.14. The fraction of sp³-hybridized carbons (Fsp3) is 0.882. The van der Waals surface area contributed by atoms with Crippen LogP contribution in [0, 0.1) is 17.8 Å². The van der Waals surface area contributed by atoms with Crippen LogP contribution in [0.1, 0.15) is 38.5 Å². The number of nitrogens with one attached hydrogen (secondary N) is 3. The highest BCUT2D eigenvalue weighted by atomic mass is 16.2. The van der Waals surface area contributed by atoms with E-state index < -0.39 is 0 Å². The molecule has 3 N–H and O–H groups in total. The van der Waals surface area contributed by atoms with Crippen LogP contribution in [0.5, 0.6) is 0 Å². The van der Waals surface area contributed by atoms with Crippen molar-refractivity contribution in [2.75, 3.05) is 26.2 Å². The summed E-state index contributed by atoms with van der Waals surface area (Å²) in [5.41, 5.74) is 0. The number of piperidine rings is 1. The molecular weight excluding hydrogens is 292 g/mol. The first-order valence-corrected chi connectivity index (χ1v) is 9.27. The summed E-state index contributed by atoms with van der Waals surface area (Å²) in [6, 6.07) is 0.819. The van der Waals surface area contributed by atoms with Gasteiger partial charge in [0, 0.05) is 37.6 Å². The van der Waals surface area contributed by atoms with Crippen LogP contribution >= 0.6 is 0 Å². The van der Waals surface area contributed by atoms with E-state index in [4.69, 9.17) is 0 Å². The summed E-state index contributed by atoms with van der Waals surface area (Å²) >= 11 is 0. The Balaban J connectivity index is 1.23. The fourth-order valence-electron chi connectivity index (χ4n) is 4.47. The highest BCUT2D eigenvalue weighted by Gasteiger charge is 2.40. The first kappa shape index (κ1) is 15.2. The normalized spacial score (nSPS) is 34.3. The second-order valence-corrected chi connectivity index (χ2v) is 7.76. The molecule has 2 aliphatic heterocycles. The molecule has 4 rings (SSSR count). The number of hydrogen-bond acceptors (Lipinski definition) is 3. The third-order valence-corrected chi connectivity index (χ3v) is 6.14. The van der Waals surface area contributed by atoms with Crippen LogP contribution in [-0.2, 0) is 4.79 Å². The first-order chi connectivity index (χ1) is 11.2. The van der Waals surface area contributed by atoms with Crippen molar-refractivity contribution in [3.63, 3.8) is 0 Å². The van der Waals surface area contributed by atoms with Crippen LogP contribution in [-0.4, -0.2) is 55.1 Å². The summed E-state index contributed by atoms with van der Waals surface area (Å²) in [7, 11) is 0. The van der Waals surface area contributed by atoms with Crippen LogP contribution in [0.25, 0.3) is 0 Å². The van der Waals surface area contributed by atoms with Crippen molar-refractivity contribution < 1.29 is 9.59 Å². The zero-order valence-electron chi connectivity index (χ0n) is 13.7. The molecule has 0 aromatic heterocycles. The van der Waals surface area contributed by atoms with E-state index in [1.54, 1.807) is 0 Å². The predicted molar refractivity (Wildman–Crippen MR) is 86.9 cm³/mol. The molecule has 4 fully saturated rings. The van der Waals surface area contributed by atoms with E-state index in [-0.39, 0.29) is 17.9 Å². The number of urea groups is 1. The van der Waals surface area contributed by atoms with Gasteiger partial charge in [-0.3, -0.25) is 4.79 Å². The molecule has 0 spiro atoms. The average molecular weight is 320 g/mol. The van der Waals surface area contributed by atoms with E-state index in [0.717, 1.165) is 51.1 Å². The summed E-state index contributed by atoms with van der Waals surface area (Å²) in [4.78, 5) is 26.5. The maximum Gasteiger partial charge on any atom is 0.317 e. The minimum atomic E-state index is 0.0574. The molecule has 0 radical (unpaired) electrons. The molecule has 4 aliphatic rings. The van der Waals surface area contributed by atoms with Gasteiger partial charge in [0.05, 0.1) is 0 Å². The lowest BCUT2D eigenvalue weighted by Gasteiger charge is -2.32. The average Bonchev–Trinajstić information content (AvgIpc) is 3.11. The molecule has 2 aliphatic carbocycles. The molecule has 2 heterocycles. The Hall–Kier alpha value is -1.30. The third kappa shape index (κ3) is 3.32. The Morgan fingerprint density at radius 3 is 2.43 bits per heavy atom. The van der Waals surface area contributed by atoms with E-state index in [9.17, 15) is 9.59 Å². The van der Waals surface area contributed by atoms with Crippen molar-refractivity contribution in [1.29, 1.82) is 0 Å². The van der Waals surface area contributed by atoms with Crippen molar-refractivity contribution in [3.8, 4) is 0 Å². The van der Waals surface area contributed by atoms with Crippen molar-refractivity contribution in [3.05, 3.63) is 0 Å². The topological polar surface area (TPSA) is 73.5 Å². The number of carbonyl (C=O) groups is 2. The molecule has 3 amide bonds. The van der Waals surface area contributed by atoms with E-state index in [0.29, 0.717) is 31.1 Å². The van der Waals surface area contributed by atoms with Gasteiger partial charge in [-0.2, -0.15) is 0 Å². The molecule has 128 valence electrons. The number of nitrogens with zero attached hydrogens (tertiary/aromatic N) is 1. The van der Waals surface area contributed by atoms with Gasteiger partial charge in [-0.1, -0.05) is 0 Å². The number of rotatable bonds is 3. The summed E-state index contributed by atoms with van der Waals surface area (Å²) in [6.07, 6.45) is 6.19. The first-order valence-electron chi connectivity index (χ1n) is 9.27. The summed E-state index contributed by atoms with van der Waals surface area (Å²) in [5.74, 6) is 1.68. The molecule has 2 saturated carbocycles. The second kappa shape index (κ2) is 6.30. The van der Waals surface area contributed by atoms with Crippen molar-refractivity contribution >= 4 is 11.9 Å². The van der Waals surface area contributed by atoms with Gasteiger partial charge in [0.15, 0.2) is 0 Å². The van der Waals surface area contributed by atoms with E-state index in [1.165, 1.54) is 6.42 Å². The highest BCUT2D eigenvalue weighted by Crippen LogP contribution is 2.34. The standard InChI is InChI=1S/C17H28N4O2/c22-16(20-15-4-1-12-9-18-10-14(12)15)11-5-7-21(8-6-11)17(23)19-13-2-3-13/h11-15,18H,1-10H2,(H,19,23)(H,20,22). The van der Waals surface area contributed by atoms with E-state index in [2.05, 4.69) is 16.0 Å². The minimum absolute atomic E-state index is 0.0574. The zero-order valence-corrected chi connectivity index (χ0v) is 13.7. The van der Waals surface area contributed by atoms with Crippen molar-refractivity contribution in [2.24, 2.45) is 17.8 Å². The SMILES string of the molecule is O=C(NC1CCC2CNCC21)C1CCN(C(=O)NC2CC2)CC1. The molecule has 0 aromatic carbocycles. The van der Waals surface area contributed by atoms with Gasteiger partial charge < -0.3 is 20.9 Å². The Morgan fingerprint density at radius 1 is 0.913 bits per heavy atom. The molecule has 0 bridgehead atoms. The summed E-state index contributed by atoms with van der Waals surface area (Å²) in [6.45, 7) is 3.57. The van der Waals surface area contributed by atoms with Gasteiger partial charge in [0.1, 0.15) is 0 Å². The van der Waals surface area contributed by atoms with Crippen LogP contribution in [0.4, 0.5) is 4.79 Å². The van der Waals surface area contributed by atoms with Gasteiger partial charge >= 0.3 is 6.03 Å². The number of hydrogen-bond donors (Lipinski definition) is 3. The minimum Gasteiger partial charge on any atom is -0.353 e. The molecule has 3 atom stereocenters. The van der Waals surface area contributed by atoms with Crippen LogP contribution in [0.3, 0.4) is 0 Å². The van der Waals surface area contributed by atoms with E-state index in [1.807, 2.05) is 4.90 Å². The van der Waals surface area contributed by atoms with Gasteiger partial charge in [-0.05, 0) is 56.9 Å². The largest absolute Gasteiger partial charge is 0.353 e. The molecule has 6 nitrogen and oxygen atoms in total. The zero-order chi connectivity index (χ0) is 15.8. The molecule has 3 unspecified atom stereocenters. The predicted octanol–water partition coefficient (Wildman–Crippen LogP) is 0.685. The lowest BCUT2D eigenvalue weighted by Crippen LogP contribution is -2.49. The highest BCUT2D eigenvalue weighted by molar-refractivity contribution is 5.80. The quantitative estimate of drug-likeness (QED) is 0.716. The van der Waals surface area contributed by atoms with Gasteiger partial charge in [-0.25, -0.2) is 4.79 Å². The number of amides is 3. The Bertz CT molecular complexity index is 471. The van der Waals surface area contributed by atoms with Gasteiger partial charge in [0.25, 0.3) is 0 Å². The Labute approximate surface area is 137 Å². The molecule has 23 heavy (non-hydrogen) atoms. The molecular formula is C17H28N4O2.